The molecule has 1 amide bonds. The zero-order valence-electron chi connectivity index (χ0n) is 19.7. The number of nitrogens with one attached hydrogen (secondary N) is 1. The number of sulfonamides is 1. The largest absolute Gasteiger partial charge is 0.493 e. The second kappa shape index (κ2) is 11.4. The van der Waals surface area contributed by atoms with Gasteiger partial charge in [-0.2, -0.15) is 8.42 Å². The number of hydrogen-bond acceptors (Lipinski definition) is 7. The molecule has 12 heteroatoms. The van der Waals surface area contributed by atoms with Crippen LogP contribution < -0.4 is 14.2 Å². The summed E-state index contributed by atoms with van der Waals surface area (Å²) in [6.07, 6.45) is -2.89. The molecule has 36 heavy (non-hydrogen) atoms. The van der Waals surface area contributed by atoms with E-state index in [1.165, 1.54) is 30.3 Å². The molecule has 2 heterocycles. The van der Waals surface area contributed by atoms with E-state index in [1.807, 2.05) is 18.6 Å². The molecule has 0 aliphatic carbocycles. The zero-order valence-corrected chi connectivity index (χ0v) is 20.5. The predicted molar refractivity (Wildman–Crippen MR) is 125 cm³/mol. The van der Waals surface area contributed by atoms with E-state index in [2.05, 4.69) is 9.97 Å². The number of pyridine rings is 2. The van der Waals surface area contributed by atoms with Crippen LogP contribution in [-0.4, -0.2) is 43.9 Å². The van der Waals surface area contributed by atoms with Crippen molar-refractivity contribution in [1.82, 2.24) is 14.7 Å². The van der Waals surface area contributed by atoms with E-state index >= 15 is 0 Å². The second-order valence-electron chi connectivity index (χ2n) is 8.18. The first-order valence-corrected chi connectivity index (χ1v) is 12.3. The maximum Gasteiger partial charge on any atom is 0.281 e. The van der Waals surface area contributed by atoms with Crippen molar-refractivity contribution in [3.63, 3.8) is 0 Å². The van der Waals surface area contributed by atoms with Crippen LogP contribution in [-0.2, 0) is 10.0 Å². The van der Waals surface area contributed by atoms with Crippen LogP contribution in [0.15, 0.2) is 53.6 Å². The number of aryl methyl sites for hydroxylation is 1. The van der Waals surface area contributed by atoms with E-state index < -0.39 is 51.2 Å². The summed E-state index contributed by atoms with van der Waals surface area (Å²) in [5.74, 6) is -1.92. The van der Waals surface area contributed by atoms with Crippen molar-refractivity contribution >= 4 is 15.9 Å². The fourth-order valence-corrected chi connectivity index (χ4v) is 3.96. The summed E-state index contributed by atoms with van der Waals surface area (Å²) in [5.41, 5.74) is 0.319. The third-order valence-electron chi connectivity index (χ3n) is 4.57. The Morgan fingerprint density at radius 3 is 2.44 bits per heavy atom. The van der Waals surface area contributed by atoms with Crippen molar-refractivity contribution in [3.8, 4) is 22.9 Å². The zero-order chi connectivity index (χ0) is 26.5. The fraction of sp³-hybridized carbons (Fsp3) is 0.292. The predicted octanol–water partition coefficient (Wildman–Crippen LogP) is 4.39. The first-order valence-electron chi connectivity index (χ1n) is 10.8. The third-order valence-corrected chi connectivity index (χ3v) is 5.80. The van der Waals surface area contributed by atoms with Crippen LogP contribution in [0.1, 0.15) is 29.9 Å². The second-order valence-corrected chi connectivity index (χ2v) is 9.81. The molecule has 2 aromatic heterocycles. The van der Waals surface area contributed by atoms with Gasteiger partial charge in [0.1, 0.15) is 17.1 Å². The molecule has 0 aliphatic heterocycles. The summed E-state index contributed by atoms with van der Waals surface area (Å²) in [5, 5.41) is -0.399. The Balaban J connectivity index is 1.96. The summed E-state index contributed by atoms with van der Waals surface area (Å²) in [4.78, 5) is 20.7. The van der Waals surface area contributed by atoms with Gasteiger partial charge in [-0.25, -0.2) is 27.9 Å². The van der Waals surface area contributed by atoms with Crippen LogP contribution in [0.3, 0.4) is 0 Å². The van der Waals surface area contributed by atoms with Crippen molar-refractivity contribution in [3.05, 3.63) is 65.6 Å². The van der Waals surface area contributed by atoms with Gasteiger partial charge in [0, 0.05) is 17.3 Å². The fourth-order valence-electron chi connectivity index (χ4n) is 2.98. The summed E-state index contributed by atoms with van der Waals surface area (Å²) in [6.45, 7) is 4.66. The molecule has 0 aliphatic rings. The Morgan fingerprint density at radius 1 is 1.03 bits per heavy atom. The SMILES string of the molecule is Cc1cccc(S(=O)(=O)NC(=O)c2ccc(-c3cc(F)cc(OCC(C)C)c3)nc2OCC(F)F)n1. The number of ether oxygens (including phenoxy) is 2. The highest BCUT2D eigenvalue weighted by Gasteiger charge is 2.24. The monoisotopic (exact) mass is 523 g/mol. The molecule has 0 fully saturated rings. The Hall–Kier alpha value is -3.67. The van der Waals surface area contributed by atoms with Crippen LogP contribution in [0.5, 0.6) is 11.6 Å². The summed E-state index contributed by atoms with van der Waals surface area (Å²) in [6, 6.07) is 10.5. The van der Waals surface area contributed by atoms with E-state index in [-0.39, 0.29) is 22.9 Å². The van der Waals surface area contributed by atoms with Crippen LogP contribution in [0.25, 0.3) is 11.3 Å². The molecular weight excluding hydrogens is 499 g/mol. The number of benzene rings is 1. The Labute approximate surface area is 206 Å². The smallest absolute Gasteiger partial charge is 0.281 e. The number of amides is 1. The van der Waals surface area contributed by atoms with E-state index in [1.54, 1.807) is 13.0 Å². The first-order chi connectivity index (χ1) is 16.9. The lowest BCUT2D eigenvalue weighted by Crippen LogP contribution is -2.32. The average molecular weight is 524 g/mol. The highest BCUT2D eigenvalue weighted by atomic mass is 32.2. The van der Waals surface area contributed by atoms with Gasteiger partial charge >= 0.3 is 0 Å². The van der Waals surface area contributed by atoms with E-state index in [4.69, 9.17) is 9.47 Å². The number of nitrogens with zero attached hydrogens (tertiary/aromatic N) is 2. The molecule has 192 valence electrons. The average Bonchev–Trinajstić information content (AvgIpc) is 2.80. The van der Waals surface area contributed by atoms with Crippen LogP contribution in [0.4, 0.5) is 13.2 Å². The number of carbonyl (C=O) groups excluding carboxylic acids is 1. The Kier molecular flexibility index (Phi) is 8.51. The van der Waals surface area contributed by atoms with Crippen molar-refractivity contribution in [2.24, 2.45) is 5.92 Å². The number of hydrogen-bond donors (Lipinski definition) is 1. The van der Waals surface area contributed by atoms with Gasteiger partial charge in [0.25, 0.3) is 22.4 Å². The molecule has 0 saturated heterocycles. The third kappa shape index (κ3) is 7.17. The van der Waals surface area contributed by atoms with Gasteiger partial charge in [0.05, 0.1) is 12.3 Å². The topological polar surface area (TPSA) is 107 Å². The van der Waals surface area contributed by atoms with Gasteiger partial charge in [-0.3, -0.25) is 4.79 Å². The molecule has 1 aromatic carbocycles. The van der Waals surface area contributed by atoms with Crippen LogP contribution in [0, 0.1) is 18.7 Å². The first kappa shape index (κ1) is 26.9. The maximum atomic E-state index is 14.2. The van der Waals surface area contributed by atoms with Gasteiger partial charge in [-0.05, 0) is 49.2 Å². The minimum absolute atomic E-state index is 0.0907. The van der Waals surface area contributed by atoms with Gasteiger partial charge in [-0.1, -0.05) is 19.9 Å². The van der Waals surface area contributed by atoms with Crippen molar-refractivity contribution in [2.75, 3.05) is 13.2 Å². The van der Waals surface area contributed by atoms with Gasteiger partial charge in [-0.15, -0.1) is 0 Å². The lowest BCUT2D eigenvalue weighted by atomic mass is 10.1. The van der Waals surface area contributed by atoms with E-state index in [9.17, 15) is 26.4 Å². The number of aromatic nitrogens is 2. The highest BCUT2D eigenvalue weighted by molar-refractivity contribution is 7.90. The molecule has 1 N–H and O–H groups in total. The lowest BCUT2D eigenvalue weighted by molar-refractivity contribution is 0.0776. The molecule has 8 nitrogen and oxygen atoms in total. The summed E-state index contributed by atoms with van der Waals surface area (Å²) >= 11 is 0. The molecule has 0 atom stereocenters. The van der Waals surface area contributed by atoms with Gasteiger partial charge < -0.3 is 9.47 Å². The summed E-state index contributed by atoms with van der Waals surface area (Å²) < 4.78 is 77.4. The lowest BCUT2D eigenvalue weighted by Gasteiger charge is -2.14. The van der Waals surface area contributed by atoms with Crippen molar-refractivity contribution in [2.45, 2.75) is 32.2 Å². The number of alkyl halides is 2. The number of halogens is 3. The van der Waals surface area contributed by atoms with Gasteiger partial charge in [0.15, 0.2) is 11.6 Å². The standard InChI is InChI=1S/C24H24F3N3O5S/c1-14(2)12-34-18-10-16(9-17(25)11-18)20-8-7-19(24(29-20)35-13-21(26)27)23(31)30-36(32,33)22-6-4-5-15(3)28-22/h4-11,14,21H,12-13H2,1-3H3,(H,30,31). The molecule has 0 unspecified atom stereocenters. The molecule has 0 saturated carbocycles. The molecule has 0 spiro atoms. The highest BCUT2D eigenvalue weighted by Crippen LogP contribution is 2.28. The number of rotatable bonds is 10. The molecule has 0 radical (unpaired) electrons. The van der Waals surface area contributed by atoms with Crippen LogP contribution in [0.2, 0.25) is 0 Å². The maximum absolute atomic E-state index is 14.2. The Morgan fingerprint density at radius 2 is 1.78 bits per heavy atom. The van der Waals surface area contributed by atoms with Crippen molar-refractivity contribution < 1.29 is 35.9 Å². The minimum Gasteiger partial charge on any atom is -0.493 e. The molecule has 3 rings (SSSR count). The summed E-state index contributed by atoms with van der Waals surface area (Å²) in [7, 11) is -4.37. The van der Waals surface area contributed by atoms with Gasteiger partial charge in [0.2, 0.25) is 5.88 Å². The van der Waals surface area contributed by atoms with E-state index in [0.29, 0.717) is 12.3 Å². The molecule has 0 bridgehead atoms. The number of carbonyl (C=O) groups is 1. The quantitative estimate of drug-likeness (QED) is 0.420. The molecule has 3 aromatic rings. The minimum atomic E-state index is -4.37. The normalized spacial score (nSPS) is 11.6. The van der Waals surface area contributed by atoms with E-state index in [0.717, 1.165) is 12.1 Å². The Bertz CT molecular complexity index is 1350. The van der Waals surface area contributed by atoms with Crippen LogP contribution >= 0.6 is 0 Å². The molecular formula is C24H24F3N3O5S. The van der Waals surface area contributed by atoms with Crippen molar-refractivity contribution in [1.29, 1.82) is 0 Å².